The number of aromatic nitrogens is 2. The molecule has 120 valence electrons. The van der Waals surface area contributed by atoms with Crippen molar-refractivity contribution >= 4 is 12.1 Å². The van der Waals surface area contributed by atoms with Crippen LogP contribution < -0.4 is 9.64 Å². The minimum Gasteiger partial charge on any atom is -0.436 e. The molecule has 23 heavy (non-hydrogen) atoms. The van der Waals surface area contributed by atoms with E-state index in [0.717, 1.165) is 32.2 Å². The Kier molecular flexibility index (Phi) is 4.83. The number of aldehydes is 1. The number of hydrogen-bond donors (Lipinski definition) is 1. The minimum atomic E-state index is 0.237. The molecule has 6 nitrogen and oxygen atoms in total. The molecule has 1 N–H and O–H groups in total. The number of nitrogens with zero attached hydrogens (tertiary/aromatic N) is 3. The maximum atomic E-state index is 10.7. The van der Waals surface area contributed by atoms with Crippen molar-refractivity contribution in [1.82, 2.24) is 9.97 Å². The molecule has 2 heterocycles. The van der Waals surface area contributed by atoms with Gasteiger partial charge in [0.1, 0.15) is 12.0 Å². The molecule has 3 rings (SSSR count). The van der Waals surface area contributed by atoms with E-state index in [9.17, 15) is 9.90 Å². The Morgan fingerprint density at radius 2 is 1.87 bits per heavy atom. The van der Waals surface area contributed by atoms with Crippen molar-refractivity contribution in [2.75, 3.05) is 24.6 Å². The number of ether oxygens (including phenoxy) is 1. The van der Waals surface area contributed by atoms with Crippen molar-refractivity contribution in [1.29, 1.82) is 0 Å². The predicted octanol–water partition coefficient (Wildman–Crippen LogP) is 2.29. The summed E-state index contributed by atoms with van der Waals surface area (Å²) < 4.78 is 5.83. The van der Waals surface area contributed by atoms with Crippen LogP contribution in [0.15, 0.2) is 36.7 Å². The first-order valence-corrected chi connectivity index (χ1v) is 7.70. The molecule has 2 aromatic rings. The lowest BCUT2D eigenvalue weighted by Crippen LogP contribution is -2.35. The third-order valence-corrected chi connectivity index (χ3v) is 4.05. The summed E-state index contributed by atoms with van der Waals surface area (Å²) in [5.74, 6) is 2.14. The topological polar surface area (TPSA) is 75.5 Å². The zero-order valence-corrected chi connectivity index (χ0v) is 12.8. The summed E-state index contributed by atoms with van der Waals surface area (Å²) in [7, 11) is 0. The van der Waals surface area contributed by atoms with Crippen LogP contribution in [0.5, 0.6) is 11.6 Å². The van der Waals surface area contributed by atoms with E-state index in [1.165, 1.54) is 0 Å². The Bertz CT molecular complexity index is 652. The molecule has 0 aliphatic carbocycles. The summed E-state index contributed by atoms with van der Waals surface area (Å²) in [5.41, 5.74) is 0.600. The largest absolute Gasteiger partial charge is 0.436 e. The molecule has 6 heteroatoms. The highest BCUT2D eigenvalue weighted by molar-refractivity contribution is 5.74. The number of benzene rings is 1. The van der Waals surface area contributed by atoms with Crippen LogP contribution in [0, 0.1) is 5.92 Å². The molecule has 1 saturated heterocycles. The Morgan fingerprint density at radius 3 is 2.52 bits per heavy atom. The minimum absolute atomic E-state index is 0.237. The predicted molar refractivity (Wildman–Crippen MR) is 86.0 cm³/mol. The van der Waals surface area contributed by atoms with Crippen LogP contribution in [0.4, 0.5) is 5.82 Å². The van der Waals surface area contributed by atoms with Gasteiger partial charge in [0.05, 0.1) is 0 Å². The van der Waals surface area contributed by atoms with Gasteiger partial charge in [0.2, 0.25) is 0 Å². The number of rotatable bonds is 5. The normalized spacial score (nSPS) is 15.4. The van der Waals surface area contributed by atoms with Crippen LogP contribution in [0.2, 0.25) is 0 Å². The van der Waals surface area contributed by atoms with E-state index in [2.05, 4.69) is 14.9 Å². The summed E-state index contributed by atoms with van der Waals surface area (Å²) in [6.07, 6.45) is 5.90. The quantitative estimate of drug-likeness (QED) is 0.854. The fourth-order valence-corrected chi connectivity index (χ4v) is 2.66. The molecule has 0 atom stereocenters. The van der Waals surface area contributed by atoms with Gasteiger partial charge in [-0.15, -0.1) is 0 Å². The monoisotopic (exact) mass is 313 g/mol. The highest BCUT2D eigenvalue weighted by Crippen LogP contribution is 2.30. The van der Waals surface area contributed by atoms with Crippen molar-refractivity contribution in [3.05, 3.63) is 42.2 Å². The molecule has 0 saturated carbocycles. The number of carbonyl (C=O) groups excluding carboxylic acids is 1. The second kappa shape index (κ2) is 7.19. The molecule has 0 bridgehead atoms. The molecule has 0 spiro atoms. The third-order valence-electron chi connectivity index (χ3n) is 4.05. The smallest absolute Gasteiger partial charge is 0.263 e. The molecule has 1 fully saturated rings. The maximum absolute atomic E-state index is 10.7. The van der Waals surface area contributed by atoms with Crippen molar-refractivity contribution in [3.63, 3.8) is 0 Å². The van der Waals surface area contributed by atoms with Crippen LogP contribution in [0.1, 0.15) is 23.2 Å². The van der Waals surface area contributed by atoms with Crippen LogP contribution in [0.3, 0.4) is 0 Å². The molecular weight excluding hydrogens is 294 g/mol. The molecule has 1 aromatic heterocycles. The number of hydrogen-bond acceptors (Lipinski definition) is 6. The van der Waals surface area contributed by atoms with E-state index < -0.39 is 0 Å². The number of piperidine rings is 1. The highest BCUT2D eigenvalue weighted by Gasteiger charge is 2.22. The van der Waals surface area contributed by atoms with Gasteiger partial charge in [-0.1, -0.05) is 0 Å². The van der Waals surface area contributed by atoms with Gasteiger partial charge in [-0.25, -0.2) is 9.97 Å². The van der Waals surface area contributed by atoms with Gasteiger partial charge < -0.3 is 14.7 Å². The van der Waals surface area contributed by atoms with Crippen LogP contribution in [-0.4, -0.2) is 41.1 Å². The molecule has 0 amide bonds. The Balaban J connectivity index is 1.76. The number of aliphatic hydroxyl groups is 1. The molecule has 1 aliphatic heterocycles. The number of carbonyl (C=O) groups is 1. The fraction of sp³-hybridized carbons (Fsp3) is 0.353. The van der Waals surface area contributed by atoms with Gasteiger partial charge in [0.25, 0.3) is 5.88 Å². The summed E-state index contributed by atoms with van der Waals surface area (Å²) in [6, 6.07) is 6.87. The Labute approximate surface area is 134 Å². The van der Waals surface area contributed by atoms with Crippen molar-refractivity contribution < 1.29 is 14.6 Å². The average molecular weight is 313 g/mol. The maximum Gasteiger partial charge on any atom is 0.263 e. The van der Waals surface area contributed by atoms with Gasteiger partial charge in [0, 0.05) is 37.7 Å². The first-order chi connectivity index (χ1) is 11.3. The van der Waals surface area contributed by atoms with Gasteiger partial charge in [-0.05, 0) is 43.0 Å². The van der Waals surface area contributed by atoms with E-state index in [4.69, 9.17) is 4.74 Å². The first kappa shape index (κ1) is 15.4. The molecule has 1 aliphatic rings. The summed E-state index contributed by atoms with van der Waals surface area (Å²) in [6.45, 7) is 1.88. The summed E-state index contributed by atoms with van der Waals surface area (Å²) >= 11 is 0. The molecule has 0 unspecified atom stereocenters. The highest BCUT2D eigenvalue weighted by atomic mass is 16.5. The SMILES string of the molecule is O=Cc1ccc(Oc2nccnc2N2CCC(CO)CC2)cc1. The fourth-order valence-electron chi connectivity index (χ4n) is 2.66. The van der Waals surface area contributed by atoms with Crippen molar-refractivity contribution in [2.45, 2.75) is 12.8 Å². The zero-order valence-electron chi connectivity index (χ0n) is 12.8. The Morgan fingerprint density at radius 1 is 1.17 bits per heavy atom. The van der Waals surface area contributed by atoms with Gasteiger partial charge >= 0.3 is 0 Å². The lowest BCUT2D eigenvalue weighted by molar-refractivity contribution is 0.112. The van der Waals surface area contributed by atoms with Gasteiger partial charge in [-0.2, -0.15) is 0 Å². The zero-order chi connectivity index (χ0) is 16.1. The van der Waals surface area contributed by atoms with Crippen LogP contribution in [-0.2, 0) is 0 Å². The third kappa shape index (κ3) is 3.65. The van der Waals surface area contributed by atoms with Gasteiger partial charge in [-0.3, -0.25) is 4.79 Å². The summed E-state index contributed by atoms with van der Waals surface area (Å²) in [4.78, 5) is 21.5. The van der Waals surface area contributed by atoms with E-state index in [0.29, 0.717) is 28.9 Å². The van der Waals surface area contributed by atoms with Gasteiger partial charge in [0.15, 0.2) is 5.82 Å². The first-order valence-electron chi connectivity index (χ1n) is 7.70. The van der Waals surface area contributed by atoms with E-state index in [-0.39, 0.29) is 6.61 Å². The molecule has 0 radical (unpaired) electrons. The van der Waals surface area contributed by atoms with Crippen molar-refractivity contribution in [3.8, 4) is 11.6 Å². The van der Waals surface area contributed by atoms with Crippen molar-refractivity contribution in [2.24, 2.45) is 5.92 Å². The second-order valence-electron chi connectivity index (χ2n) is 5.59. The van der Waals surface area contributed by atoms with Crippen LogP contribution >= 0.6 is 0 Å². The number of anilines is 1. The standard InChI is InChI=1S/C17H19N3O3/c21-11-13-1-3-15(4-2-13)23-17-16(18-7-8-19-17)20-9-5-14(12-22)6-10-20/h1-4,7-8,11,14,22H,5-6,9-10,12H2. The summed E-state index contributed by atoms with van der Waals surface area (Å²) in [5, 5.41) is 9.24. The number of aliphatic hydroxyl groups excluding tert-OH is 1. The van der Waals surface area contributed by atoms with E-state index in [1.54, 1.807) is 36.7 Å². The second-order valence-corrected chi connectivity index (χ2v) is 5.59. The van der Waals surface area contributed by atoms with Crippen LogP contribution in [0.25, 0.3) is 0 Å². The lowest BCUT2D eigenvalue weighted by Gasteiger charge is -2.32. The average Bonchev–Trinajstić information content (AvgIpc) is 2.63. The lowest BCUT2D eigenvalue weighted by atomic mass is 9.98. The Hall–Kier alpha value is -2.47. The van der Waals surface area contributed by atoms with E-state index >= 15 is 0 Å². The molecular formula is C17H19N3O3. The molecule has 1 aromatic carbocycles. The van der Waals surface area contributed by atoms with E-state index in [1.807, 2.05) is 0 Å².